The molecule has 0 aromatic heterocycles. The van der Waals surface area contributed by atoms with Crippen LogP contribution < -0.4 is 5.73 Å². The van der Waals surface area contributed by atoms with E-state index in [4.69, 9.17) is 5.73 Å². The van der Waals surface area contributed by atoms with E-state index in [0.717, 1.165) is 6.42 Å². The molecule has 1 aromatic rings. The van der Waals surface area contributed by atoms with Gasteiger partial charge >= 0.3 is 0 Å². The van der Waals surface area contributed by atoms with Crippen molar-refractivity contribution in [2.24, 2.45) is 17.6 Å². The number of halogens is 1. The summed E-state index contributed by atoms with van der Waals surface area (Å²) in [5.74, 6) is 0.973. The molecule has 70 valence electrons. The van der Waals surface area contributed by atoms with E-state index in [-0.39, 0.29) is 11.9 Å². The maximum Gasteiger partial charge on any atom is 0.127 e. The summed E-state index contributed by atoms with van der Waals surface area (Å²) in [6.07, 6.45) is 1.13. The second-order valence-corrected chi connectivity index (χ2v) is 3.92. The van der Waals surface area contributed by atoms with Crippen LogP contribution in [0.4, 0.5) is 4.39 Å². The number of rotatable bonds is 2. The predicted octanol–water partition coefficient (Wildman–Crippen LogP) is 2.48. The zero-order valence-corrected chi connectivity index (χ0v) is 7.70. The van der Waals surface area contributed by atoms with Crippen LogP contribution in [0.25, 0.3) is 0 Å². The van der Waals surface area contributed by atoms with E-state index < -0.39 is 0 Å². The van der Waals surface area contributed by atoms with Gasteiger partial charge in [0.1, 0.15) is 5.82 Å². The highest BCUT2D eigenvalue weighted by Crippen LogP contribution is 2.45. The minimum absolute atomic E-state index is 0.115. The molecule has 0 saturated heterocycles. The Bertz CT molecular complexity index is 311. The first-order chi connectivity index (χ1) is 6.20. The van der Waals surface area contributed by atoms with E-state index in [1.54, 1.807) is 12.1 Å². The lowest BCUT2D eigenvalue weighted by molar-refractivity contribution is 0.537. The van der Waals surface area contributed by atoms with Gasteiger partial charge < -0.3 is 5.73 Å². The Hall–Kier alpha value is -0.890. The lowest BCUT2D eigenvalue weighted by atomic mass is 10.0. The molecular weight excluding hydrogens is 165 g/mol. The van der Waals surface area contributed by atoms with E-state index >= 15 is 0 Å². The van der Waals surface area contributed by atoms with Crippen LogP contribution in [0.3, 0.4) is 0 Å². The maximum atomic E-state index is 13.3. The fourth-order valence-electron chi connectivity index (χ4n) is 1.83. The van der Waals surface area contributed by atoms with Crippen LogP contribution >= 0.6 is 0 Å². The summed E-state index contributed by atoms with van der Waals surface area (Å²) in [5.41, 5.74) is 6.62. The van der Waals surface area contributed by atoms with Gasteiger partial charge in [-0.25, -0.2) is 4.39 Å². The van der Waals surface area contributed by atoms with Crippen LogP contribution in [-0.2, 0) is 0 Å². The first-order valence-electron chi connectivity index (χ1n) is 4.70. The summed E-state index contributed by atoms with van der Waals surface area (Å²) >= 11 is 0. The maximum absolute atomic E-state index is 13.3. The topological polar surface area (TPSA) is 26.0 Å². The van der Waals surface area contributed by atoms with E-state index in [9.17, 15) is 4.39 Å². The van der Waals surface area contributed by atoms with Crippen molar-refractivity contribution in [1.82, 2.24) is 0 Å². The van der Waals surface area contributed by atoms with Gasteiger partial charge in [-0.3, -0.25) is 0 Å². The number of benzene rings is 1. The van der Waals surface area contributed by atoms with Gasteiger partial charge in [0.15, 0.2) is 0 Å². The van der Waals surface area contributed by atoms with Crippen molar-refractivity contribution in [3.63, 3.8) is 0 Å². The lowest BCUT2D eigenvalue weighted by Gasteiger charge is -2.11. The second kappa shape index (κ2) is 3.11. The highest BCUT2D eigenvalue weighted by atomic mass is 19.1. The van der Waals surface area contributed by atoms with Crippen molar-refractivity contribution >= 4 is 0 Å². The molecule has 1 aliphatic rings. The fraction of sp³-hybridized carbons (Fsp3) is 0.455. The van der Waals surface area contributed by atoms with E-state index in [1.807, 2.05) is 6.07 Å². The molecule has 0 aliphatic heterocycles. The minimum atomic E-state index is -0.172. The molecule has 2 heteroatoms. The first-order valence-corrected chi connectivity index (χ1v) is 4.70. The standard InChI is InChI=1S/C11H14FN/c1-7-6-9(7)11(13)8-4-2-3-5-10(8)12/h2-5,7,9,11H,6,13H2,1H3. The van der Waals surface area contributed by atoms with Crippen molar-refractivity contribution in [2.45, 2.75) is 19.4 Å². The van der Waals surface area contributed by atoms with Gasteiger partial charge in [-0.05, 0) is 24.3 Å². The van der Waals surface area contributed by atoms with Gasteiger partial charge in [0.2, 0.25) is 0 Å². The van der Waals surface area contributed by atoms with E-state index in [0.29, 0.717) is 17.4 Å². The summed E-state index contributed by atoms with van der Waals surface area (Å²) < 4.78 is 13.3. The molecular formula is C11H14FN. The Balaban J connectivity index is 2.20. The highest BCUT2D eigenvalue weighted by molar-refractivity contribution is 5.23. The van der Waals surface area contributed by atoms with Crippen molar-refractivity contribution in [1.29, 1.82) is 0 Å². The lowest BCUT2D eigenvalue weighted by Crippen LogP contribution is -2.14. The van der Waals surface area contributed by atoms with E-state index in [2.05, 4.69) is 6.92 Å². The Morgan fingerprint density at radius 2 is 2.08 bits per heavy atom. The van der Waals surface area contributed by atoms with Gasteiger partial charge in [-0.1, -0.05) is 25.1 Å². The van der Waals surface area contributed by atoms with Gasteiger partial charge in [-0.2, -0.15) is 0 Å². The summed E-state index contributed by atoms with van der Waals surface area (Å²) in [5, 5.41) is 0. The first kappa shape index (κ1) is 8.70. The molecule has 1 saturated carbocycles. The number of hydrogen-bond acceptors (Lipinski definition) is 1. The second-order valence-electron chi connectivity index (χ2n) is 3.92. The third-order valence-corrected chi connectivity index (χ3v) is 2.90. The van der Waals surface area contributed by atoms with Crippen molar-refractivity contribution < 1.29 is 4.39 Å². The van der Waals surface area contributed by atoms with Gasteiger partial charge in [0, 0.05) is 11.6 Å². The van der Waals surface area contributed by atoms with Crippen molar-refractivity contribution in [3.8, 4) is 0 Å². The Morgan fingerprint density at radius 1 is 1.46 bits per heavy atom. The highest BCUT2D eigenvalue weighted by Gasteiger charge is 2.38. The van der Waals surface area contributed by atoms with Crippen LogP contribution in [0.1, 0.15) is 24.9 Å². The number of hydrogen-bond donors (Lipinski definition) is 1. The molecule has 1 aliphatic carbocycles. The van der Waals surface area contributed by atoms with E-state index in [1.165, 1.54) is 6.07 Å². The van der Waals surface area contributed by atoms with Gasteiger partial charge in [0.25, 0.3) is 0 Å². The van der Waals surface area contributed by atoms with Gasteiger partial charge in [0.05, 0.1) is 0 Å². The Kier molecular flexibility index (Phi) is 2.08. The SMILES string of the molecule is CC1CC1C(N)c1ccccc1F. The zero-order valence-electron chi connectivity index (χ0n) is 7.70. The molecule has 0 heterocycles. The average molecular weight is 179 g/mol. The molecule has 0 amide bonds. The smallest absolute Gasteiger partial charge is 0.127 e. The molecule has 3 unspecified atom stereocenters. The normalized spacial score (nSPS) is 28.5. The minimum Gasteiger partial charge on any atom is -0.324 e. The van der Waals surface area contributed by atoms with Crippen molar-refractivity contribution in [3.05, 3.63) is 35.6 Å². The van der Waals surface area contributed by atoms with Crippen LogP contribution in [-0.4, -0.2) is 0 Å². The largest absolute Gasteiger partial charge is 0.324 e. The molecule has 0 radical (unpaired) electrons. The summed E-state index contributed by atoms with van der Waals surface area (Å²) in [6, 6.07) is 6.68. The van der Waals surface area contributed by atoms with Crippen LogP contribution in [0.15, 0.2) is 24.3 Å². The molecule has 2 rings (SSSR count). The van der Waals surface area contributed by atoms with Crippen LogP contribution in [0, 0.1) is 17.7 Å². The fourth-order valence-corrected chi connectivity index (χ4v) is 1.83. The van der Waals surface area contributed by atoms with Crippen molar-refractivity contribution in [2.75, 3.05) is 0 Å². The Labute approximate surface area is 77.8 Å². The molecule has 0 bridgehead atoms. The monoisotopic (exact) mass is 179 g/mol. The predicted molar refractivity (Wildman–Crippen MR) is 50.6 cm³/mol. The van der Waals surface area contributed by atoms with Crippen LogP contribution in [0.5, 0.6) is 0 Å². The Morgan fingerprint density at radius 3 is 2.62 bits per heavy atom. The summed E-state index contributed by atoms with van der Waals surface area (Å²) in [6.45, 7) is 2.16. The molecule has 0 spiro atoms. The molecule has 13 heavy (non-hydrogen) atoms. The third-order valence-electron chi connectivity index (χ3n) is 2.90. The summed E-state index contributed by atoms with van der Waals surface area (Å²) in [4.78, 5) is 0. The molecule has 1 aromatic carbocycles. The van der Waals surface area contributed by atoms with Crippen LogP contribution in [0.2, 0.25) is 0 Å². The summed E-state index contributed by atoms with van der Waals surface area (Å²) in [7, 11) is 0. The molecule has 1 nitrogen and oxygen atoms in total. The molecule has 1 fully saturated rings. The average Bonchev–Trinajstić information content (AvgIpc) is 2.82. The quantitative estimate of drug-likeness (QED) is 0.741. The van der Waals surface area contributed by atoms with Gasteiger partial charge in [-0.15, -0.1) is 0 Å². The zero-order chi connectivity index (χ0) is 9.42. The molecule has 2 N–H and O–H groups in total. The molecule has 3 atom stereocenters. The third kappa shape index (κ3) is 1.59. The number of nitrogens with two attached hydrogens (primary N) is 1.